The van der Waals surface area contributed by atoms with Gasteiger partial charge in [0.25, 0.3) is 0 Å². The highest BCUT2D eigenvalue weighted by atomic mass is 79.9. The van der Waals surface area contributed by atoms with Crippen LogP contribution in [0, 0.1) is 23.7 Å². The van der Waals surface area contributed by atoms with Crippen molar-refractivity contribution in [2.45, 2.75) is 282 Å². The maximum absolute atomic E-state index is 13.7. The van der Waals surface area contributed by atoms with Crippen molar-refractivity contribution >= 4 is 90.1 Å². The fourth-order valence-corrected chi connectivity index (χ4v) is 21.7. The lowest BCUT2D eigenvalue weighted by Crippen LogP contribution is -2.48. The number of halogens is 2. The Bertz CT molecular complexity index is 4960. The molecule has 2 aromatic heterocycles. The molecule has 9 aromatic rings. The zero-order valence-corrected chi connectivity index (χ0v) is 70.2. The van der Waals surface area contributed by atoms with E-state index in [9.17, 15) is 9.59 Å². The largest absolute Gasteiger partial charge is 0.494 e. The van der Waals surface area contributed by atoms with Crippen molar-refractivity contribution in [2.75, 3.05) is 0 Å². The summed E-state index contributed by atoms with van der Waals surface area (Å²) in [5, 5.41) is 0. The van der Waals surface area contributed by atoms with Gasteiger partial charge in [-0.3, -0.25) is 14.8 Å². The Morgan fingerprint density at radius 3 is 1.39 bits per heavy atom. The third-order valence-electron chi connectivity index (χ3n) is 26.9. The zero-order valence-electron chi connectivity index (χ0n) is 67.0. The van der Waals surface area contributed by atoms with Crippen LogP contribution in [-0.4, -0.2) is 95.3 Å². The first-order valence-electron chi connectivity index (χ1n) is 42.1. The van der Waals surface area contributed by atoms with Crippen molar-refractivity contribution in [3.05, 3.63) is 198 Å². The molecule has 9 atom stereocenters. The Morgan fingerprint density at radius 1 is 0.468 bits per heavy atom. The van der Waals surface area contributed by atoms with Gasteiger partial charge in [0.05, 0.1) is 51.0 Å². The molecule has 7 fully saturated rings. The molecule has 2 N–H and O–H groups in total. The van der Waals surface area contributed by atoms with E-state index in [0.29, 0.717) is 17.8 Å². The third-order valence-corrected chi connectivity index (χ3v) is 28.4. The van der Waals surface area contributed by atoms with Gasteiger partial charge >= 0.3 is 19.3 Å². The van der Waals surface area contributed by atoms with E-state index < -0.39 is 18.3 Å². The van der Waals surface area contributed by atoms with Gasteiger partial charge in [-0.1, -0.05) is 168 Å². The van der Waals surface area contributed by atoms with Crippen LogP contribution in [0.25, 0.3) is 44.3 Å². The second-order valence-electron chi connectivity index (χ2n) is 37.3. The van der Waals surface area contributed by atoms with Crippen LogP contribution in [0.1, 0.15) is 246 Å². The predicted molar refractivity (Wildman–Crippen MR) is 455 cm³/mol. The number of hydrogen-bond donors (Lipinski definition) is 2. The lowest BCUT2D eigenvalue weighted by Gasteiger charge is -2.35. The summed E-state index contributed by atoms with van der Waals surface area (Å²) in [5.41, 5.74) is 23.0. The third kappa shape index (κ3) is 16.2. The number of nitrogens with one attached hydrogen (secondary N) is 2. The Labute approximate surface area is 674 Å². The SMILES string of the molecule is Brc1cc2ccc1CCc1ccc(c(Br)c1)CC2.CC(C)(C)OC(=O)N1[C@H](C2=Nc3cc(B4OC(C)(C)C(C)(C)O4)ccc3C2)C[C@@H]2CCCC[C@@H]21.CC(C)(C)OC(=O)N1[C@H](c2nc3ccc(-c4cc5ccc4CCc4ccc(c(-c6ccc7nc(C8C[C@H]9CCCC[C@H]9C8)[nH]c7c6)c4)CC5)cc3[nH]2)C[C@@H]2CCCC[C@@H]21. The smallest absolute Gasteiger partial charge is 0.444 e. The van der Waals surface area contributed by atoms with Gasteiger partial charge in [-0.25, -0.2) is 19.6 Å². The molecule has 1 unspecified atom stereocenters. The molecule has 2 amide bonds. The van der Waals surface area contributed by atoms with Crippen LogP contribution in [-0.2, 0) is 76.6 Å². The average molecular weight is 1620 g/mol. The number of hydrogen-bond acceptors (Lipinski definition) is 9. The molecule has 4 saturated carbocycles. The summed E-state index contributed by atoms with van der Waals surface area (Å²) in [4.78, 5) is 54.0. The van der Waals surface area contributed by atoms with E-state index >= 15 is 0 Å². The number of H-pyrrole nitrogens is 2. The van der Waals surface area contributed by atoms with Crippen molar-refractivity contribution in [1.82, 2.24) is 29.7 Å². The monoisotopic (exact) mass is 1620 g/mol. The number of aromatic amines is 2. The molecule has 0 radical (unpaired) electrons. The molecular formula is C95H112BBr2N7O6. The minimum Gasteiger partial charge on any atom is -0.444 e. The summed E-state index contributed by atoms with van der Waals surface area (Å²) in [5.74, 6) is 5.51. The van der Waals surface area contributed by atoms with Gasteiger partial charge in [-0.2, -0.15) is 0 Å². The maximum atomic E-state index is 13.7. The minimum absolute atomic E-state index is 0.00986. The molecule has 7 aromatic carbocycles. The molecule has 580 valence electrons. The number of ether oxygens (including phenoxy) is 2. The van der Waals surface area contributed by atoms with Crippen molar-refractivity contribution in [1.29, 1.82) is 0 Å². The van der Waals surface area contributed by atoms with Crippen LogP contribution in [0.5, 0.6) is 0 Å². The molecule has 16 aliphatic rings. The fourth-order valence-electron chi connectivity index (χ4n) is 20.4. The predicted octanol–water partition coefficient (Wildman–Crippen LogP) is 22.9. The van der Waals surface area contributed by atoms with Crippen molar-refractivity contribution in [3.63, 3.8) is 0 Å². The van der Waals surface area contributed by atoms with Crippen molar-refractivity contribution in [3.8, 4) is 22.3 Å². The molecule has 111 heavy (non-hydrogen) atoms. The summed E-state index contributed by atoms with van der Waals surface area (Å²) in [7, 11) is -0.401. The molecule has 4 aliphatic heterocycles. The van der Waals surface area contributed by atoms with E-state index in [2.05, 4.69) is 197 Å². The lowest BCUT2D eigenvalue weighted by atomic mass is 9.78. The maximum Gasteiger partial charge on any atom is 0.494 e. The molecule has 3 saturated heterocycles. The topological polar surface area (TPSA) is 147 Å². The van der Waals surface area contributed by atoms with Gasteiger partial charge in [0.15, 0.2) is 0 Å². The molecule has 25 rings (SSSR count). The normalized spacial score (nSPS) is 25.0. The number of carbonyl (C=O) groups is 2. The number of rotatable bonds is 6. The number of aromatic nitrogens is 4. The molecule has 6 heterocycles. The van der Waals surface area contributed by atoms with Crippen molar-refractivity contribution in [2.24, 2.45) is 28.7 Å². The number of amides is 2. The van der Waals surface area contributed by atoms with Crippen LogP contribution in [0.3, 0.4) is 0 Å². The summed E-state index contributed by atoms with van der Waals surface area (Å²) in [6.07, 6.45) is 28.1. The van der Waals surface area contributed by atoms with E-state index in [-0.39, 0.29) is 47.6 Å². The van der Waals surface area contributed by atoms with E-state index in [1.165, 1.54) is 157 Å². The number of nitrogens with zero attached hydrogens (tertiary/aromatic N) is 5. The summed E-state index contributed by atoms with van der Waals surface area (Å²) < 4.78 is 26.9. The quantitative estimate of drug-likeness (QED) is 0.156. The Hall–Kier alpha value is -7.37. The highest BCUT2D eigenvalue weighted by Crippen LogP contribution is 2.51. The van der Waals surface area contributed by atoms with Gasteiger partial charge in [0.1, 0.15) is 22.9 Å². The number of benzene rings is 7. The molecule has 16 heteroatoms. The van der Waals surface area contributed by atoms with E-state index in [4.69, 9.17) is 33.7 Å². The number of likely N-dealkylation sites (tertiary alicyclic amines) is 2. The standard InChI is InChI=1S/C52H59N5O2.C27H39BN2O4.C16H14Br2/c1-52(2,3)59-51(58)57-47-11-7-6-10-39(47)30-48(57)50-54-44-23-21-38(29-46(44)56-50)42-25-32-13-17-33-16-12-31(14-18-34(42)19-15-32)24-41(33)37-20-22-43-45(28-37)55-49(53-43)40-26-35-8-4-5-9-36(35)27-40;1-25(2,3)32-24(31)30-22-11-9-8-10-18(22)15-23(30)21-14-17-12-13-19(16-20(17)29-21)28-33-26(4,5)27(6,7)34-28;17-15-9-11-1-5-13(15)8-4-12-2-6-14(7-3-11)16(18)10-12/h12,15-16,19-25,28-29,35-36,39-40,47-48H,4-11,13-14,17-18,26-27,30H2,1-3H3,(H,53,55)(H,54,56);12-13,16,18,22-23H,8-11,14-15H2,1-7H3;1-2,5-6,9-10H,3-4,7-8H2/t35-,36+,39-,40?,47-,48-;18-,22-,23-;/m00./s1. The van der Waals surface area contributed by atoms with Crippen LogP contribution < -0.4 is 5.46 Å². The lowest BCUT2D eigenvalue weighted by molar-refractivity contribution is 0.00578. The Kier molecular flexibility index (Phi) is 21.1. The van der Waals surface area contributed by atoms with Crippen LogP contribution >= 0.6 is 31.9 Å². The number of imidazole rings is 2. The van der Waals surface area contributed by atoms with E-state index in [1.807, 2.05) is 51.3 Å². The van der Waals surface area contributed by atoms with Crippen molar-refractivity contribution < 1.29 is 28.4 Å². The number of fused-ring (bicyclic) bond motifs is 6. The van der Waals surface area contributed by atoms with Gasteiger partial charge in [0, 0.05) is 39.1 Å². The fraction of sp³-hybridized carbons (Fsp3) is 0.505. The summed E-state index contributed by atoms with van der Waals surface area (Å²) >= 11 is 7.39. The first-order valence-corrected chi connectivity index (χ1v) is 43.7. The molecule has 0 spiro atoms. The first-order chi connectivity index (χ1) is 53.3. The van der Waals surface area contributed by atoms with Gasteiger partial charge in [-0.05, 0) is 316 Å². The second-order valence-corrected chi connectivity index (χ2v) is 39.0. The molecule has 8 bridgehead atoms. The van der Waals surface area contributed by atoms with Crippen LogP contribution in [0.4, 0.5) is 15.3 Å². The number of aryl methyl sites for hydroxylation is 8. The minimum atomic E-state index is -0.541. The molecule has 12 aliphatic carbocycles. The Balaban J connectivity index is 0.000000144. The summed E-state index contributed by atoms with van der Waals surface area (Å²) in [6, 6.07) is 48.3. The molecule has 13 nitrogen and oxygen atoms in total. The number of aliphatic imine (C=N–C) groups is 1. The van der Waals surface area contributed by atoms with E-state index in [1.54, 1.807) is 0 Å². The van der Waals surface area contributed by atoms with Crippen LogP contribution in [0.2, 0.25) is 0 Å². The van der Waals surface area contributed by atoms with Crippen LogP contribution in [0.15, 0.2) is 141 Å². The second kappa shape index (κ2) is 30.8. The average Bonchev–Trinajstić information content (AvgIpc) is 1.62. The summed E-state index contributed by atoms with van der Waals surface area (Å²) in [6.45, 7) is 20.0. The first kappa shape index (κ1) is 76.3. The van der Waals surface area contributed by atoms with Gasteiger partial charge in [0.2, 0.25) is 0 Å². The Morgan fingerprint density at radius 2 is 0.892 bits per heavy atom. The van der Waals surface area contributed by atoms with Gasteiger partial charge < -0.3 is 28.8 Å². The van der Waals surface area contributed by atoms with E-state index in [0.717, 1.165) is 147 Å². The number of carbonyl (C=O) groups excluding carboxylic acids is 2. The highest BCUT2D eigenvalue weighted by molar-refractivity contribution is 9.10. The highest BCUT2D eigenvalue weighted by Gasteiger charge is 2.53. The van der Waals surface area contributed by atoms with Gasteiger partial charge in [-0.15, -0.1) is 0 Å². The zero-order chi connectivity index (χ0) is 76.8. The molecular weight excluding hydrogens is 1510 g/mol.